The van der Waals surface area contributed by atoms with Gasteiger partial charge >= 0.3 is 6.09 Å². The second kappa shape index (κ2) is 8.95. The van der Waals surface area contributed by atoms with Crippen molar-refractivity contribution in [3.8, 4) is 0 Å². The van der Waals surface area contributed by atoms with Crippen LogP contribution in [0.25, 0.3) is 0 Å². The number of carbonyl (C=O) groups excluding carboxylic acids is 3. The van der Waals surface area contributed by atoms with Crippen molar-refractivity contribution >= 4 is 33.4 Å². The minimum absolute atomic E-state index is 0.0863. The molecular formula is C20H23N3O6S. The van der Waals surface area contributed by atoms with E-state index in [1.54, 1.807) is 20.8 Å². The van der Waals surface area contributed by atoms with E-state index in [1.165, 1.54) is 48.5 Å². The Morgan fingerprint density at radius 2 is 1.23 bits per heavy atom. The van der Waals surface area contributed by atoms with Crippen molar-refractivity contribution < 1.29 is 27.5 Å². The molecule has 9 nitrogen and oxygen atoms in total. The number of nitrogens with one attached hydrogen (secondary N) is 3. The highest BCUT2D eigenvalue weighted by molar-refractivity contribution is 7.90. The lowest BCUT2D eigenvalue weighted by Gasteiger charge is -2.19. The SMILES string of the molecule is CC(C)(C)OC(=O)Nc1ccc(C(=O)NNC(=O)c2ccc(S(C)(=O)=O)cc2)cc1. The van der Waals surface area contributed by atoms with E-state index in [0.29, 0.717) is 5.69 Å². The lowest BCUT2D eigenvalue weighted by molar-refractivity contribution is 0.0635. The molecule has 0 aliphatic carbocycles. The van der Waals surface area contributed by atoms with Gasteiger partial charge in [-0.2, -0.15) is 0 Å². The van der Waals surface area contributed by atoms with Gasteiger partial charge in [0.25, 0.3) is 11.8 Å². The Morgan fingerprint density at radius 3 is 1.63 bits per heavy atom. The summed E-state index contributed by atoms with van der Waals surface area (Å²) >= 11 is 0. The summed E-state index contributed by atoms with van der Waals surface area (Å²) in [6, 6.07) is 11.3. The molecule has 2 rings (SSSR count). The largest absolute Gasteiger partial charge is 0.444 e. The van der Waals surface area contributed by atoms with E-state index < -0.39 is 33.3 Å². The number of carbonyl (C=O) groups is 3. The fraction of sp³-hybridized carbons (Fsp3) is 0.250. The quantitative estimate of drug-likeness (QED) is 0.635. The molecule has 0 aromatic heterocycles. The van der Waals surface area contributed by atoms with Crippen molar-refractivity contribution in [2.45, 2.75) is 31.3 Å². The van der Waals surface area contributed by atoms with E-state index in [-0.39, 0.29) is 16.0 Å². The van der Waals surface area contributed by atoms with Crippen molar-refractivity contribution in [3.63, 3.8) is 0 Å². The van der Waals surface area contributed by atoms with Gasteiger partial charge in [-0.05, 0) is 69.3 Å². The minimum atomic E-state index is -3.36. The van der Waals surface area contributed by atoms with Gasteiger partial charge in [-0.1, -0.05) is 0 Å². The fourth-order valence-corrected chi connectivity index (χ4v) is 2.87. The minimum Gasteiger partial charge on any atom is -0.444 e. The average molecular weight is 433 g/mol. The summed E-state index contributed by atoms with van der Waals surface area (Å²) in [5.41, 5.74) is 4.75. The van der Waals surface area contributed by atoms with E-state index in [1.807, 2.05) is 0 Å². The molecule has 0 saturated heterocycles. The van der Waals surface area contributed by atoms with Crippen LogP contribution in [0.5, 0.6) is 0 Å². The molecule has 0 aliphatic heterocycles. The van der Waals surface area contributed by atoms with Crippen LogP contribution in [0.2, 0.25) is 0 Å². The maximum absolute atomic E-state index is 12.2. The highest BCUT2D eigenvalue weighted by atomic mass is 32.2. The van der Waals surface area contributed by atoms with Crippen LogP contribution < -0.4 is 16.2 Å². The van der Waals surface area contributed by atoms with Gasteiger partial charge in [-0.3, -0.25) is 25.8 Å². The van der Waals surface area contributed by atoms with E-state index in [9.17, 15) is 22.8 Å². The second-order valence-corrected chi connectivity index (χ2v) is 9.42. The number of rotatable bonds is 4. The topological polar surface area (TPSA) is 131 Å². The van der Waals surface area contributed by atoms with E-state index in [0.717, 1.165) is 6.26 Å². The molecular weight excluding hydrogens is 410 g/mol. The van der Waals surface area contributed by atoms with Gasteiger partial charge in [0.2, 0.25) is 0 Å². The van der Waals surface area contributed by atoms with Crippen molar-refractivity contribution in [2.24, 2.45) is 0 Å². The van der Waals surface area contributed by atoms with Crippen LogP contribution in [0, 0.1) is 0 Å². The standard InChI is InChI=1S/C20H23N3O6S/c1-20(2,3)29-19(26)21-15-9-5-13(6-10-15)17(24)22-23-18(25)14-7-11-16(12-8-14)30(4,27)28/h5-12H,1-4H3,(H,21,26)(H,22,24)(H,23,25). The van der Waals surface area contributed by atoms with Crippen LogP contribution in [-0.2, 0) is 14.6 Å². The van der Waals surface area contributed by atoms with Gasteiger partial charge in [0.1, 0.15) is 5.60 Å². The molecule has 0 aliphatic rings. The molecule has 30 heavy (non-hydrogen) atoms. The average Bonchev–Trinajstić information content (AvgIpc) is 2.64. The molecule has 0 unspecified atom stereocenters. The molecule has 160 valence electrons. The van der Waals surface area contributed by atoms with Crippen LogP contribution >= 0.6 is 0 Å². The summed E-state index contributed by atoms with van der Waals surface area (Å²) < 4.78 is 28.0. The Kier molecular flexibility index (Phi) is 6.83. The molecule has 3 N–H and O–H groups in total. The molecule has 0 spiro atoms. The number of anilines is 1. The zero-order valence-electron chi connectivity index (χ0n) is 17.0. The van der Waals surface area contributed by atoms with Crippen LogP contribution in [0.15, 0.2) is 53.4 Å². The molecule has 3 amide bonds. The van der Waals surface area contributed by atoms with Gasteiger partial charge in [-0.25, -0.2) is 13.2 Å². The molecule has 2 aromatic carbocycles. The smallest absolute Gasteiger partial charge is 0.412 e. The van der Waals surface area contributed by atoms with Crippen molar-refractivity contribution in [2.75, 3.05) is 11.6 Å². The van der Waals surface area contributed by atoms with E-state index in [4.69, 9.17) is 4.74 Å². The lowest BCUT2D eigenvalue weighted by Crippen LogP contribution is -2.41. The third-order valence-electron chi connectivity index (χ3n) is 3.63. The van der Waals surface area contributed by atoms with Gasteiger partial charge in [0.15, 0.2) is 9.84 Å². The molecule has 0 atom stereocenters. The number of ether oxygens (including phenoxy) is 1. The number of hydrogen-bond acceptors (Lipinski definition) is 6. The Morgan fingerprint density at radius 1 is 0.800 bits per heavy atom. The Balaban J connectivity index is 1.91. The van der Waals surface area contributed by atoms with Crippen molar-refractivity contribution in [3.05, 3.63) is 59.7 Å². The number of hydrazine groups is 1. The number of sulfone groups is 1. The molecule has 2 aromatic rings. The molecule has 0 radical (unpaired) electrons. The number of hydrogen-bond donors (Lipinski definition) is 3. The zero-order chi connectivity index (χ0) is 22.5. The van der Waals surface area contributed by atoms with Crippen LogP contribution in [0.4, 0.5) is 10.5 Å². The molecule has 0 saturated carbocycles. The number of benzene rings is 2. The van der Waals surface area contributed by atoms with Gasteiger partial charge < -0.3 is 4.74 Å². The highest BCUT2D eigenvalue weighted by Crippen LogP contribution is 2.13. The van der Waals surface area contributed by atoms with Crippen LogP contribution in [-0.4, -0.2) is 38.2 Å². The first-order valence-corrected chi connectivity index (χ1v) is 10.8. The van der Waals surface area contributed by atoms with E-state index >= 15 is 0 Å². The first-order chi connectivity index (χ1) is 13.8. The molecule has 0 fully saturated rings. The summed E-state index contributed by atoms with van der Waals surface area (Å²) in [6.45, 7) is 5.23. The maximum atomic E-state index is 12.2. The Labute approximate surface area is 174 Å². The predicted octanol–water partition coefficient (Wildman–Crippen LogP) is 2.51. The first-order valence-electron chi connectivity index (χ1n) is 8.86. The fourth-order valence-electron chi connectivity index (χ4n) is 2.24. The summed E-state index contributed by atoms with van der Waals surface area (Å²) in [6.07, 6.45) is 0.449. The van der Waals surface area contributed by atoms with E-state index in [2.05, 4.69) is 16.2 Å². The monoisotopic (exact) mass is 433 g/mol. The predicted molar refractivity (Wildman–Crippen MR) is 111 cm³/mol. The summed E-state index contributed by atoms with van der Waals surface area (Å²) in [5.74, 6) is -1.17. The number of amides is 3. The van der Waals surface area contributed by atoms with Gasteiger partial charge in [0, 0.05) is 23.1 Å². The summed E-state index contributed by atoms with van der Waals surface area (Å²) in [7, 11) is -3.36. The van der Waals surface area contributed by atoms with Gasteiger partial charge in [0.05, 0.1) is 4.90 Å². The summed E-state index contributed by atoms with van der Waals surface area (Å²) in [4.78, 5) is 36.1. The summed E-state index contributed by atoms with van der Waals surface area (Å²) in [5, 5.41) is 2.55. The van der Waals surface area contributed by atoms with Crippen molar-refractivity contribution in [1.29, 1.82) is 0 Å². The van der Waals surface area contributed by atoms with Crippen LogP contribution in [0.1, 0.15) is 41.5 Å². The van der Waals surface area contributed by atoms with Crippen molar-refractivity contribution in [1.82, 2.24) is 10.9 Å². The molecule has 10 heteroatoms. The van der Waals surface area contributed by atoms with Gasteiger partial charge in [-0.15, -0.1) is 0 Å². The Bertz CT molecular complexity index is 1040. The highest BCUT2D eigenvalue weighted by Gasteiger charge is 2.16. The first kappa shape index (κ1) is 22.9. The zero-order valence-corrected chi connectivity index (χ0v) is 17.8. The molecule has 0 heterocycles. The third kappa shape index (κ3) is 6.89. The Hall–Kier alpha value is -3.40. The maximum Gasteiger partial charge on any atom is 0.412 e. The lowest BCUT2D eigenvalue weighted by atomic mass is 10.2. The normalized spacial score (nSPS) is 11.3. The van der Waals surface area contributed by atoms with Crippen LogP contribution in [0.3, 0.4) is 0 Å². The third-order valence-corrected chi connectivity index (χ3v) is 4.76. The second-order valence-electron chi connectivity index (χ2n) is 7.41. The molecule has 0 bridgehead atoms.